The molecule has 0 bridgehead atoms. The third kappa shape index (κ3) is 4.99. The molecule has 5 heteroatoms. The van der Waals surface area contributed by atoms with E-state index in [1.165, 1.54) is 0 Å². The fraction of sp³-hybridized carbons (Fsp3) is 0.381. The summed E-state index contributed by atoms with van der Waals surface area (Å²) in [7, 11) is 1.94. The molecule has 5 nitrogen and oxygen atoms in total. The molecule has 0 aromatic heterocycles. The predicted octanol–water partition coefficient (Wildman–Crippen LogP) is 2.71. The third-order valence-corrected chi connectivity index (χ3v) is 4.57. The van der Waals surface area contributed by atoms with Crippen molar-refractivity contribution in [3.8, 4) is 11.5 Å². The Bertz CT molecular complexity index is 705. The Labute approximate surface area is 154 Å². The van der Waals surface area contributed by atoms with Crippen LogP contribution in [-0.4, -0.2) is 44.1 Å². The second-order valence-corrected chi connectivity index (χ2v) is 6.56. The van der Waals surface area contributed by atoms with Gasteiger partial charge in [-0.1, -0.05) is 42.5 Å². The van der Waals surface area contributed by atoms with Gasteiger partial charge in [0.25, 0.3) is 5.91 Å². The smallest absolute Gasteiger partial charge is 0.260 e. The zero-order valence-electron chi connectivity index (χ0n) is 15.2. The maximum atomic E-state index is 12.4. The van der Waals surface area contributed by atoms with Crippen LogP contribution in [0.3, 0.4) is 0 Å². The Kier molecular flexibility index (Phi) is 6.50. The van der Waals surface area contributed by atoms with Crippen molar-refractivity contribution < 1.29 is 14.3 Å². The first kappa shape index (κ1) is 18.3. The highest BCUT2D eigenvalue weighted by atomic mass is 16.5. The number of carbonyl (C=O) groups is 1. The molecule has 2 aromatic carbocycles. The Morgan fingerprint density at radius 3 is 2.50 bits per heavy atom. The lowest BCUT2D eigenvalue weighted by molar-refractivity contribution is -0.132. The Morgan fingerprint density at radius 1 is 1.08 bits per heavy atom. The number of nitrogens with zero attached hydrogens (tertiary/aromatic N) is 1. The number of amides is 1. The molecule has 138 valence electrons. The van der Waals surface area contributed by atoms with Crippen LogP contribution in [0.5, 0.6) is 11.5 Å². The highest BCUT2D eigenvalue weighted by Crippen LogP contribution is 2.27. The molecule has 1 N–H and O–H groups in total. The van der Waals surface area contributed by atoms with E-state index in [1.807, 2.05) is 66.5 Å². The maximum Gasteiger partial charge on any atom is 0.260 e. The van der Waals surface area contributed by atoms with Crippen molar-refractivity contribution in [1.82, 2.24) is 10.2 Å². The Hall–Kier alpha value is -2.53. The first-order valence-corrected chi connectivity index (χ1v) is 9.07. The molecule has 1 unspecified atom stereocenters. The lowest BCUT2D eigenvalue weighted by atomic mass is 10.1. The average molecular weight is 354 g/mol. The van der Waals surface area contributed by atoms with E-state index in [0.717, 1.165) is 31.6 Å². The summed E-state index contributed by atoms with van der Waals surface area (Å²) in [4.78, 5) is 14.3. The lowest BCUT2D eigenvalue weighted by Crippen LogP contribution is -2.34. The van der Waals surface area contributed by atoms with E-state index >= 15 is 0 Å². The van der Waals surface area contributed by atoms with Crippen molar-refractivity contribution in [3.05, 3.63) is 60.2 Å². The first-order chi connectivity index (χ1) is 12.8. The summed E-state index contributed by atoms with van der Waals surface area (Å²) in [6.07, 6.45) is 1.04. The molecule has 1 heterocycles. The van der Waals surface area contributed by atoms with Crippen LogP contribution in [0.4, 0.5) is 0 Å². The number of benzene rings is 2. The molecule has 1 aliphatic rings. The fourth-order valence-corrected chi connectivity index (χ4v) is 3.17. The van der Waals surface area contributed by atoms with E-state index in [-0.39, 0.29) is 12.5 Å². The molecular weight excluding hydrogens is 328 g/mol. The molecular formula is C21H26N2O3. The molecule has 1 saturated heterocycles. The normalized spacial score (nSPS) is 16.5. The molecule has 1 fully saturated rings. The van der Waals surface area contributed by atoms with Gasteiger partial charge >= 0.3 is 0 Å². The van der Waals surface area contributed by atoms with Gasteiger partial charge in [-0.2, -0.15) is 0 Å². The van der Waals surface area contributed by atoms with Crippen LogP contribution in [0.25, 0.3) is 0 Å². The van der Waals surface area contributed by atoms with Gasteiger partial charge in [-0.15, -0.1) is 0 Å². The largest absolute Gasteiger partial charge is 0.485 e. The molecule has 1 aliphatic heterocycles. The molecule has 0 saturated carbocycles. The average Bonchev–Trinajstić information content (AvgIpc) is 3.15. The highest BCUT2D eigenvalue weighted by molar-refractivity contribution is 5.78. The Morgan fingerprint density at radius 2 is 1.77 bits per heavy atom. The minimum absolute atomic E-state index is 0.0291. The van der Waals surface area contributed by atoms with Gasteiger partial charge in [-0.05, 0) is 43.6 Å². The van der Waals surface area contributed by atoms with Crippen molar-refractivity contribution in [2.24, 2.45) is 5.92 Å². The zero-order chi connectivity index (χ0) is 18.2. The number of ether oxygens (including phenoxy) is 2. The van der Waals surface area contributed by atoms with E-state index in [9.17, 15) is 4.79 Å². The predicted molar refractivity (Wildman–Crippen MR) is 101 cm³/mol. The van der Waals surface area contributed by atoms with Crippen LogP contribution < -0.4 is 14.8 Å². The summed E-state index contributed by atoms with van der Waals surface area (Å²) in [6.45, 7) is 3.06. The van der Waals surface area contributed by atoms with Crippen molar-refractivity contribution in [2.75, 3.05) is 33.3 Å². The van der Waals surface area contributed by atoms with Gasteiger partial charge in [0.15, 0.2) is 18.1 Å². The van der Waals surface area contributed by atoms with E-state index in [4.69, 9.17) is 9.47 Å². The van der Waals surface area contributed by atoms with Crippen LogP contribution in [0.1, 0.15) is 12.0 Å². The summed E-state index contributed by atoms with van der Waals surface area (Å²) in [5, 5.41) is 3.18. The van der Waals surface area contributed by atoms with Gasteiger partial charge in [0.1, 0.15) is 6.61 Å². The highest BCUT2D eigenvalue weighted by Gasteiger charge is 2.26. The minimum atomic E-state index is 0.0291. The molecule has 2 aromatic rings. The van der Waals surface area contributed by atoms with Crippen LogP contribution >= 0.6 is 0 Å². The maximum absolute atomic E-state index is 12.4. The summed E-state index contributed by atoms with van der Waals surface area (Å²) in [5.74, 6) is 1.81. The van der Waals surface area contributed by atoms with Gasteiger partial charge in [-0.3, -0.25) is 4.79 Å². The molecule has 1 amide bonds. The summed E-state index contributed by atoms with van der Waals surface area (Å²) in [6, 6.07) is 17.5. The fourth-order valence-electron chi connectivity index (χ4n) is 3.17. The third-order valence-electron chi connectivity index (χ3n) is 4.57. The van der Waals surface area contributed by atoms with Crippen molar-refractivity contribution in [1.29, 1.82) is 0 Å². The number of rotatable bonds is 8. The zero-order valence-corrected chi connectivity index (χ0v) is 15.2. The SMILES string of the molecule is CNCC1CCN(C(=O)COc2ccccc2OCc2ccccc2)C1. The monoisotopic (exact) mass is 354 g/mol. The Balaban J connectivity index is 1.52. The van der Waals surface area contributed by atoms with Crippen molar-refractivity contribution in [2.45, 2.75) is 13.0 Å². The number of carbonyl (C=O) groups excluding carboxylic acids is 1. The quantitative estimate of drug-likeness (QED) is 0.792. The molecule has 0 radical (unpaired) electrons. The molecule has 0 spiro atoms. The summed E-state index contributed by atoms with van der Waals surface area (Å²) >= 11 is 0. The topological polar surface area (TPSA) is 50.8 Å². The van der Waals surface area contributed by atoms with Gasteiger partial charge < -0.3 is 19.7 Å². The lowest BCUT2D eigenvalue weighted by Gasteiger charge is -2.18. The summed E-state index contributed by atoms with van der Waals surface area (Å²) in [5.41, 5.74) is 1.09. The minimum Gasteiger partial charge on any atom is -0.485 e. The van der Waals surface area contributed by atoms with Crippen molar-refractivity contribution in [3.63, 3.8) is 0 Å². The number of nitrogens with one attached hydrogen (secondary N) is 1. The molecule has 3 rings (SSSR count). The standard InChI is InChI=1S/C21H26N2O3/c1-22-13-18-11-12-23(14-18)21(24)16-26-20-10-6-5-9-19(20)25-15-17-7-3-2-4-8-17/h2-10,18,22H,11-16H2,1H3. The molecule has 26 heavy (non-hydrogen) atoms. The first-order valence-electron chi connectivity index (χ1n) is 9.07. The molecule has 0 aliphatic carbocycles. The van der Waals surface area contributed by atoms with E-state index < -0.39 is 0 Å². The van der Waals surface area contributed by atoms with Crippen LogP contribution in [0, 0.1) is 5.92 Å². The van der Waals surface area contributed by atoms with E-state index in [1.54, 1.807) is 0 Å². The van der Waals surface area contributed by atoms with Crippen LogP contribution in [0.2, 0.25) is 0 Å². The van der Waals surface area contributed by atoms with Gasteiger partial charge in [0.2, 0.25) is 0 Å². The number of hydrogen-bond acceptors (Lipinski definition) is 4. The number of likely N-dealkylation sites (tertiary alicyclic amines) is 1. The number of para-hydroxylation sites is 2. The summed E-state index contributed by atoms with van der Waals surface area (Å²) < 4.78 is 11.6. The van der Waals surface area contributed by atoms with Crippen LogP contribution in [0.15, 0.2) is 54.6 Å². The van der Waals surface area contributed by atoms with E-state index in [2.05, 4.69) is 5.32 Å². The van der Waals surface area contributed by atoms with Crippen LogP contribution in [-0.2, 0) is 11.4 Å². The second-order valence-electron chi connectivity index (χ2n) is 6.56. The van der Waals surface area contributed by atoms with Crippen molar-refractivity contribution >= 4 is 5.91 Å². The van der Waals surface area contributed by atoms with Gasteiger partial charge in [-0.25, -0.2) is 0 Å². The number of hydrogen-bond donors (Lipinski definition) is 1. The van der Waals surface area contributed by atoms with Gasteiger partial charge in [0.05, 0.1) is 0 Å². The second kappa shape index (κ2) is 9.25. The van der Waals surface area contributed by atoms with E-state index in [0.29, 0.717) is 24.0 Å². The van der Waals surface area contributed by atoms with Gasteiger partial charge in [0, 0.05) is 13.1 Å². The molecule has 1 atom stereocenters.